The number of benzene rings is 2. The van der Waals surface area contributed by atoms with Crippen molar-refractivity contribution in [3.63, 3.8) is 0 Å². The molecule has 1 aromatic heterocycles. The van der Waals surface area contributed by atoms with Gasteiger partial charge in [0.15, 0.2) is 17.5 Å². The molecular formula is C34H42F2N6O6. The minimum Gasteiger partial charge on any atom is -0.444 e. The summed E-state index contributed by atoms with van der Waals surface area (Å²) in [7, 11) is 0. The average molecular weight is 669 g/mol. The summed E-state index contributed by atoms with van der Waals surface area (Å²) >= 11 is 0. The standard InChI is InChI=1S/C34H42F2N6O6/c1-33(2,3)48-32(46)40-34(4,5)31(45)38-26(20-47-19-22-11-7-6-8-12-22)29(43)39-27-18-42(21-37-27)28(30(44)41-15-9-10-16-41)23-13-14-24(35)25(36)17-23/h6-8,11-14,17-18,21,26,28H,9-10,15-16,19-20H2,1-5H3,(H,38,45)(H,39,43)(H,40,46). The summed E-state index contributed by atoms with van der Waals surface area (Å²) in [5, 5.41) is 7.79. The smallest absolute Gasteiger partial charge is 0.408 e. The Hall–Kier alpha value is -4.85. The third kappa shape index (κ3) is 9.83. The summed E-state index contributed by atoms with van der Waals surface area (Å²) in [6, 6.07) is 10.2. The molecule has 0 aliphatic carbocycles. The Bertz CT molecular complexity index is 1600. The van der Waals surface area contributed by atoms with Crippen LogP contribution >= 0.6 is 0 Å². The second kappa shape index (κ2) is 15.4. The highest BCUT2D eigenvalue weighted by molar-refractivity contribution is 5.98. The quantitative estimate of drug-likeness (QED) is 0.261. The second-order valence-electron chi connectivity index (χ2n) is 13.1. The van der Waals surface area contributed by atoms with Crippen molar-refractivity contribution in [2.75, 3.05) is 25.0 Å². The van der Waals surface area contributed by atoms with Crippen LogP contribution in [0.5, 0.6) is 0 Å². The number of alkyl carbamates (subject to hydrolysis) is 1. The number of nitrogens with zero attached hydrogens (tertiary/aromatic N) is 3. The van der Waals surface area contributed by atoms with E-state index < -0.39 is 52.8 Å². The average Bonchev–Trinajstić information content (AvgIpc) is 3.71. The summed E-state index contributed by atoms with van der Waals surface area (Å²) in [6.45, 7) is 8.97. The Kier molecular flexibility index (Phi) is 11.5. The summed E-state index contributed by atoms with van der Waals surface area (Å²) in [5.74, 6) is -3.81. The van der Waals surface area contributed by atoms with Gasteiger partial charge in [0.2, 0.25) is 11.8 Å². The molecule has 12 nitrogen and oxygen atoms in total. The van der Waals surface area contributed by atoms with Gasteiger partial charge in [-0.3, -0.25) is 14.4 Å². The molecule has 2 aromatic carbocycles. The molecule has 1 fully saturated rings. The highest BCUT2D eigenvalue weighted by Crippen LogP contribution is 2.26. The molecule has 4 amide bonds. The van der Waals surface area contributed by atoms with E-state index in [4.69, 9.17) is 9.47 Å². The number of nitrogens with one attached hydrogen (secondary N) is 3. The molecule has 3 N–H and O–H groups in total. The number of carbonyl (C=O) groups excluding carboxylic acids is 4. The van der Waals surface area contributed by atoms with Crippen LogP contribution in [0.3, 0.4) is 0 Å². The van der Waals surface area contributed by atoms with Crippen LogP contribution in [0.2, 0.25) is 0 Å². The zero-order valence-corrected chi connectivity index (χ0v) is 27.7. The Morgan fingerprint density at radius 3 is 2.29 bits per heavy atom. The molecule has 4 rings (SSSR count). The molecule has 1 saturated heterocycles. The van der Waals surface area contributed by atoms with Gasteiger partial charge in [0.1, 0.15) is 23.2 Å². The number of anilines is 1. The van der Waals surface area contributed by atoms with E-state index in [0.717, 1.165) is 30.5 Å². The lowest BCUT2D eigenvalue weighted by molar-refractivity contribution is -0.132. The lowest BCUT2D eigenvalue weighted by Gasteiger charge is -2.29. The normalized spacial score (nSPS) is 14.6. The van der Waals surface area contributed by atoms with E-state index in [2.05, 4.69) is 20.9 Å². The molecule has 0 saturated carbocycles. The molecule has 2 heterocycles. The minimum atomic E-state index is -1.48. The van der Waals surface area contributed by atoms with Gasteiger partial charge >= 0.3 is 6.09 Å². The van der Waals surface area contributed by atoms with Crippen molar-refractivity contribution in [3.8, 4) is 0 Å². The number of imidazole rings is 1. The number of amides is 4. The van der Waals surface area contributed by atoms with Crippen LogP contribution in [0.25, 0.3) is 0 Å². The maximum Gasteiger partial charge on any atom is 0.408 e. The second-order valence-corrected chi connectivity index (χ2v) is 13.1. The SMILES string of the molecule is CC(C)(C)OC(=O)NC(C)(C)C(=O)NC(COCc1ccccc1)C(=O)Nc1cn(C(C(=O)N2CCCC2)c2ccc(F)c(F)c2)cn1. The summed E-state index contributed by atoms with van der Waals surface area (Å²) in [6.07, 6.45) is 3.54. The van der Waals surface area contributed by atoms with Crippen LogP contribution in [0, 0.1) is 11.6 Å². The highest BCUT2D eigenvalue weighted by atomic mass is 19.2. The number of rotatable bonds is 12. The van der Waals surface area contributed by atoms with Crippen molar-refractivity contribution in [3.05, 3.63) is 83.8 Å². The summed E-state index contributed by atoms with van der Waals surface area (Å²) in [4.78, 5) is 58.7. The van der Waals surface area contributed by atoms with E-state index in [-0.39, 0.29) is 30.5 Å². The minimum absolute atomic E-state index is 0.0373. The van der Waals surface area contributed by atoms with Crippen LogP contribution in [-0.4, -0.2) is 75.1 Å². The van der Waals surface area contributed by atoms with Gasteiger partial charge in [0.25, 0.3) is 5.91 Å². The van der Waals surface area contributed by atoms with Gasteiger partial charge in [-0.25, -0.2) is 18.6 Å². The first-order valence-electron chi connectivity index (χ1n) is 15.6. The molecule has 3 aromatic rings. The number of hydrogen-bond donors (Lipinski definition) is 3. The number of ether oxygens (including phenoxy) is 2. The molecule has 2 atom stereocenters. The van der Waals surface area contributed by atoms with E-state index in [9.17, 15) is 28.0 Å². The van der Waals surface area contributed by atoms with Gasteiger partial charge < -0.3 is 34.9 Å². The molecule has 48 heavy (non-hydrogen) atoms. The number of aromatic nitrogens is 2. The fraction of sp³-hybridized carbons (Fsp3) is 0.441. The lowest BCUT2D eigenvalue weighted by Crippen LogP contribution is -2.59. The number of hydrogen-bond acceptors (Lipinski definition) is 7. The first kappa shape index (κ1) is 36.0. The van der Waals surface area contributed by atoms with Crippen molar-refractivity contribution in [1.82, 2.24) is 25.1 Å². The van der Waals surface area contributed by atoms with Crippen LogP contribution in [0.15, 0.2) is 61.1 Å². The topological polar surface area (TPSA) is 144 Å². The maximum atomic E-state index is 14.2. The van der Waals surface area contributed by atoms with Crippen LogP contribution in [-0.2, 0) is 30.5 Å². The first-order chi connectivity index (χ1) is 22.6. The summed E-state index contributed by atoms with van der Waals surface area (Å²) in [5.41, 5.74) is -1.22. The number of halogens is 2. The Labute approximate surface area is 278 Å². The molecular weight excluding hydrogens is 626 g/mol. The van der Waals surface area contributed by atoms with Crippen molar-refractivity contribution >= 4 is 29.6 Å². The fourth-order valence-electron chi connectivity index (χ4n) is 5.00. The van der Waals surface area contributed by atoms with Gasteiger partial charge in [-0.15, -0.1) is 0 Å². The van der Waals surface area contributed by atoms with Crippen molar-refractivity contribution < 1.29 is 37.4 Å². The molecule has 0 spiro atoms. The molecule has 258 valence electrons. The zero-order valence-electron chi connectivity index (χ0n) is 27.7. The van der Waals surface area contributed by atoms with Gasteiger partial charge in [-0.2, -0.15) is 0 Å². The Morgan fingerprint density at radius 2 is 1.65 bits per heavy atom. The lowest BCUT2D eigenvalue weighted by atomic mass is 10.0. The van der Waals surface area contributed by atoms with Crippen molar-refractivity contribution in [2.24, 2.45) is 0 Å². The van der Waals surface area contributed by atoms with E-state index in [1.165, 1.54) is 37.0 Å². The van der Waals surface area contributed by atoms with Gasteiger partial charge in [-0.05, 0) is 70.7 Å². The predicted octanol–water partition coefficient (Wildman–Crippen LogP) is 4.32. The third-order valence-corrected chi connectivity index (χ3v) is 7.46. The monoisotopic (exact) mass is 668 g/mol. The van der Waals surface area contributed by atoms with E-state index in [0.29, 0.717) is 13.1 Å². The first-order valence-corrected chi connectivity index (χ1v) is 15.6. The fourth-order valence-corrected chi connectivity index (χ4v) is 5.00. The van der Waals surface area contributed by atoms with Gasteiger partial charge in [0.05, 0.1) is 19.5 Å². The Balaban J connectivity index is 1.53. The van der Waals surface area contributed by atoms with E-state index >= 15 is 0 Å². The molecule has 2 unspecified atom stereocenters. The molecule has 0 radical (unpaired) electrons. The molecule has 0 bridgehead atoms. The van der Waals surface area contributed by atoms with E-state index in [1.54, 1.807) is 25.7 Å². The summed E-state index contributed by atoms with van der Waals surface area (Å²) < 4.78 is 40.5. The Morgan fingerprint density at radius 1 is 0.958 bits per heavy atom. The molecule has 1 aliphatic rings. The van der Waals surface area contributed by atoms with Crippen molar-refractivity contribution in [1.29, 1.82) is 0 Å². The van der Waals surface area contributed by atoms with Gasteiger partial charge in [0, 0.05) is 19.3 Å². The van der Waals surface area contributed by atoms with E-state index in [1.807, 2.05) is 30.3 Å². The zero-order chi connectivity index (χ0) is 35.1. The largest absolute Gasteiger partial charge is 0.444 e. The molecule has 1 aliphatic heterocycles. The third-order valence-electron chi connectivity index (χ3n) is 7.46. The molecule has 14 heteroatoms. The maximum absolute atomic E-state index is 14.2. The number of likely N-dealkylation sites (tertiary alicyclic amines) is 1. The van der Waals surface area contributed by atoms with Crippen LogP contribution in [0.4, 0.5) is 19.4 Å². The van der Waals surface area contributed by atoms with Crippen LogP contribution < -0.4 is 16.0 Å². The number of carbonyl (C=O) groups is 4. The van der Waals surface area contributed by atoms with Crippen molar-refractivity contribution in [2.45, 2.75) is 77.3 Å². The highest BCUT2D eigenvalue weighted by Gasteiger charge is 2.35. The van der Waals surface area contributed by atoms with Gasteiger partial charge in [-0.1, -0.05) is 36.4 Å². The predicted molar refractivity (Wildman–Crippen MR) is 173 cm³/mol. The van der Waals surface area contributed by atoms with Crippen LogP contribution in [0.1, 0.15) is 64.6 Å².